The number of carbonyl (C=O) groups excluding carboxylic acids is 1. The lowest BCUT2D eigenvalue weighted by Gasteiger charge is -2.34. The van der Waals surface area contributed by atoms with Crippen molar-refractivity contribution in [2.75, 3.05) is 50.6 Å². The van der Waals surface area contributed by atoms with Gasteiger partial charge in [0.1, 0.15) is 0 Å². The van der Waals surface area contributed by atoms with Crippen LogP contribution in [0.25, 0.3) is 17.0 Å². The van der Waals surface area contributed by atoms with E-state index in [0.29, 0.717) is 49.2 Å². The molecule has 37 heavy (non-hydrogen) atoms. The van der Waals surface area contributed by atoms with E-state index < -0.39 is 12.2 Å². The lowest BCUT2D eigenvalue weighted by atomic mass is 9.90. The first-order valence-corrected chi connectivity index (χ1v) is 12.5. The molecule has 1 aliphatic carbocycles. The van der Waals surface area contributed by atoms with Gasteiger partial charge >= 0.3 is 6.03 Å². The number of hydrogen-bond donors (Lipinski definition) is 2. The Balaban J connectivity index is 1.46. The van der Waals surface area contributed by atoms with Crippen LogP contribution in [0.2, 0.25) is 0 Å². The second-order valence-electron chi connectivity index (χ2n) is 9.27. The standard InChI is InChI=1S/C24H31F2N9O2/c1-27-24(36)33(2)16-9-7-15(8-10-16)28-21-30-22(34-11-13-37-14-12-34)32-23(31-21)35-18-6-4-3-5-17(18)29-20(35)19(25)26/h3-6,15-16,19H,7-14H2,1-2H3,(H,27,36)(H,28,30,31,32)/t15-,16-. The summed E-state index contributed by atoms with van der Waals surface area (Å²) in [7, 11) is 3.43. The molecule has 11 nitrogen and oxygen atoms in total. The fraction of sp³-hybridized carbons (Fsp3) is 0.542. The van der Waals surface area contributed by atoms with Gasteiger partial charge in [-0.3, -0.25) is 4.57 Å². The first-order valence-electron chi connectivity index (χ1n) is 12.5. The SMILES string of the molecule is CNC(=O)N(C)[C@H]1CC[C@H](Nc2nc(N3CCOCC3)nc(-n3c(C(F)F)nc4ccccc43)n2)CC1. The third kappa shape index (κ3) is 5.26. The molecular weight excluding hydrogens is 484 g/mol. The number of morpholine rings is 1. The molecule has 3 heterocycles. The van der Waals surface area contributed by atoms with Crippen molar-refractivity contribution in [3.05, 3.63) is 30.1 Å². The third-order valence-corrected chi connectivity index (χ3v) is 7.00. The molecule has 1 aliphatic heterocycles. The van der Waals surface area contributed by atoms with E-state index in [1.54, 1.807) is 43.3 Å². The minimum absolute atomic E-state index is 0.0798. The molecule has 0 unspecified atom stereocenters. The second kappa shape index (κ2) is 10.8. The Bertz CT molecular complexity index is 1240. The number of nitrogens with one attached hydrogen (secondary N) is 2. The summed E-state index contributed by atoms with van der Waals surface area (Å²) in [6, 6.07) is 7.08. The van der Waals surface area contributed by atoms with E-state index in [9.17, 15) is 13.6 Å². The lowest BCUT2D eigenvalue weighted by molar-refractivity contribution is 0.122. The quantitative estimate of drug-likeness (QED) is 0.515. The molecule has 198 valence electrons. The summed E-state index contributed by atoms with van der Waals surface area (Å²) in [5, 5.41) is 6.07. The first-order chi connectivity index (χ1) is 17.9. The van der Waals surface area contributed by atoms with Crippen molar-refractivity contribution in [1.29, 1.82) is 0 Å². The summed E-state index contributed by atoms with van der Waals surface area (Å²) in [4.78, 5) is 33.7. The van der Waals surface area contributed by atoms with Gasteiger partial charge in [0.05, 0.1) is 24.2 Å². The van der Waals surface area contributed by atoms with Crippen LogP contribution in [-0.4, -0.2) is 87.9 Å². The number of hydrogen-bond acceptors (Lipinski definition) is 8. The lowest BCUT2D eigenvalue weighted by Crippen LogP contribution is -2.45. The van der Waals surface area contributed by atoms with Gasteiger partial charge in [0.25, 0.3) is 6.43 Å². The van der Waals surface area contributed by atoms with Gasteiger partial charge in [0.15, 0.2) is 5.82 Å². The van der Waals surface area contributed by atoms with Gasteiger partial charge in [-0.15, -0.1) is 0 Å². The van der Waals surface area contributed by atoms with E-state index in [1.807, 2.05) is 4.90 Å². The number of alkyl halides is 2. The maximum absolute atomic E-state index is 14.0. The molecule has 0 radical (unpaired) electrons. The van der Waals surface area contributed by atoms with Crippen LogP contribution in [-0.2, 0) is 4.74 Å². The molecule has 2 aliphatic rings. The molecule has 0 bridgehead atoms. The average molecular weight is 516 g/mol. The largest absolute Gasteiger partial charge is 0.378 e. The topological polar surface area (TPSA) is 113 Å². The third-order valence-electron chi connectivity index (χ3n) is 7.00. The number of fused-ring (bicyclic) bond motifs is 1. The number of anilines is 2. The van der Waals surface area contributed by atoms with E-state index in [0.717, 1.165) is 25.7 Å². The number of rotatable bonds is 6. The van der Waals surface area contributed by atoms with Crippen LogP contribution in [0.1, 0.15) is 37.9 Å². The second-order valence-corrected chi connectivity index (χ2v) is 9.27. The molecule has 0 spiro atoms. The fourth-order valence-electron chi connectivity index (χ4n) is 4.96. The van der Waals surface area contributed by atoms with Crippen LogP contribution >= 0.6 is 0 Å². The number of aromatic nitrogens is 5. The van der Waals surface area contributed by atoms with E-state index in [2.05, 4.69) is 30.6 Å². The van der Waals surface area contributed by atoms with E-state index in [4.69, 9.17) is 4.74 Å². The Morgan fingerprint density at radius 1 is 1.05 bits per heavy atom. The van der Waals surface area contributed by atoms with Crippen molar-refractivity contribution < 1.29 is 18.3 Å². The van der Waals surface area contributed by atoms with E-state index in [-0.39, 0.29) is 24.1 Å². The number of urea groups is 1. The summed E-state index contributed by atoms with van der Waals surface area (Å²) in [6.45, 7) is 2.24. The Morgan fingerprint density at radius 2 is 1.76 bits per heavy atom. The zero-order valence-corrected chi connectivity index (χ0v) is 20.9. The number of nitrogens with zero attached hydrogens (tertiary/aromatic N) is 7. The highest BCUT2D eigenvalue weighted by atomic mass is 19.3. The van der Waals surface area contributed by atoms with Gasteiger partial charge in [-0.1, -0.05) is 12.1 Å². The summed E-state index contributed by atoms with van der Waals surface area (Å²) in [6.07, 6.45) is 0.488. The Hall–Kier alpha value is -3.61. The molecule has 2 aromatic heterocycles. The van der Waals surface area contributed by atoms with Crippen LogP contribution in [0.15, 0.2) is 24.3 Å². The maximum atomic E-state index is 14.0. The minimum atomic E-state index is -2.81. The molecule has 2 N–H and O–H groups in total. The summed E-state index contributed by atoms with van der Waals surface area (Å²) in [5.41, 5.74) is 0.944. The summed E-state index contributed by atoms with van der Waals surface area (Å²) < 4.78 is 34.8. The van der Waals surface area contributed by atoms with Gasteiger partial charge in [0, 0.05) is 39.3 Å². The molecule has 3 aromatic rings. The van der Waals surface area contributed by atoms with Gasteiger partial charge in [0.2, 0.25) is 17.8 Å². The molecular formula is C24H31F2N9O2. The fourth-order valence-corrected chi connectivity index (χ4v) is 4.96. The number of para-hydroxylation sites is 2. The first kappa shape index (κ1) is 25.1. The number of imidazole rings is 1. The normalized spacial score (nSPS) is 20.3. The molecule has 1 aromatic carbocycles. The van der Waals surface area contributed by atoms with Crippen LogP contribution in [0, 0.1) is 0 Å². The van der Waals surface area contributed by atoms with Crippen molar-refractivity contribution in [3.63, 3.8) is 0 Å². The van der Waals surface area contributed by atoms with Crippen molar-refractivity contribution in [2.45, 2.75) is 44.2 Å². The number of halogens is 2. The van der Waals surface area contributed by atoms with E-state index >= 15 is 0 Å². The van der Waals surface area contributed by atoms with Gasteiger partial charge in [-0.25, -0.2) is 18.6 Å². The molecule has 1 saturated heterocycles. The van der Waals surface area contributed by atoms with Crippen molar-refractivity contribution in [2.24, 2.45) is 0 Å². The molecule has 1 saturated carbocycles. The van der Waals surface area contributed by atoms with Crippen LogP contribution in [0.5, 0.6) is 0 Å². The van der Waals surface area contributed by atoms with Crippen molar-refractivity contribution in [1.82, 2.24) is 34.7 Å². The van der Waals surface area contributed by atoms with Crippen LogP contribution in [0.3, 0.4) is 0 Å². The van der Waals surface area contributed by atoms with E-state index in [1.165, 1.54) is 4.57 Å². The highest BCUT2D eigenvalue weighted by Crippen LogP contribution is 2.29. The number of amides is 2. The van der Waals surface area contributed by atoms with Gasteiger partial charge < -0.3 is 25.2 Å². The maximum Gasteiger partial charge on any atom is 0.317 e. The number of ether oxygens (including phenoxy) is 1. The Labute approximate surface area is 213 Å². The predicted molar refractivity (Wildman–Crippen MR) is 134 cm³/mol. The van der Waals surface area contributed by atoms with Gasteiger partial charge in [-0.05, 0) is 37.8 Å². The Morgan fingerprint density at radius 3 is 2.46 bits per heavy atom. The van der Waals surface area contributed by atoms with Crippen LogP contribution < -0.4 is 15.5 Å². The van der Waals surface area contributed by atoms with Gasteiger partial charge in [-0.2, -0.15) is 15.0 Å². The van der Waals surface area contributed by atoms with Crippen molar-refractivity contribution >= 4 is 29.0 Å². The zero-order chi connectivity index (χ0) is 25.9. The molecule has 0 atom stereocenters. The molecule has 13 heteroatoms. The summed E-state index contributed by atoms with van der Waals surface area (Å²) in [5.74, 6) is 0.412. The van der Waals surface area contributed by atoms with Crippen molar-refractivity contribution in [3.8, 4) is 5.95 Å². The smallest absolute Gasteiger partial charge is 0.317 e. The minimum Gasteiger partial charge on any atom is -0.378 e. The molecule has 5 rings (SSSR count). The zero-order valence-electron chi connectivity index (χ0n) is 20.9. The van der Waals surface area contributed by atoms with Crippen LogP contribution in [0.4, 0.5) is 25.5 Å². The summed E-state index contributed by atoms with van der Waals surface area (Å²) >= 11 is 0. The monoisotopic (exact) mass is 515 g/mol. The average Bonchev–Trinajstić information content (AvgIpc) is 3.33. The Kier molecular flexibility index (Phi) is 7.31. The molecule has 2 fully saturated rings. The highest BCUT2D eigenvalue weighted by molar-refractivity contribution is 5.77. The number of carbonyl (C=O) groups is 1. The predicted octanol–water partition coefficient (Wildman–Crippen LogP) is 2.98. The molecule has 2 amide bonds. The number of benzene rings is 1. The highest BCUT2D eigenvalue weighted by Gasteiger charge is 2.28.